The number of likely N-dealkylation sites (tertiary alicyclic amines) is 1. The predicted molar refractivity (Wildman–Crippen MR) is 46.5 cm³/mol. The van der Waals surface area contributed by atoms with Crippen molar-refractivity contribution in [3.8, 4) is 0 Å². The largest absolute Gasteiger partial charge is 0.391 e. The van der Waals surface area contributed by atoms with E-state index in [1.165, 1.54) is 0 Å². The molecule has 1 saturated heterocycles. The average Bonchev–Trinajstić information content (AvgIpc) is 1.96. The quantitative estimate of drug-likeness (QED) is 0.616. The van der Waals surface area contributed by atoms with E-state index in [0.717, 1.165) is 19.5 Å². The molecule has 66 valence electrons. The van der Waals surface area contributed by atoms with Crippen LogP contribution >= 0.6 is 0 Å². The van der Waals surface area contributed by atoms with Crippen molar-refractivity contribution in [2.24, 2.45) is 5.92 Å². The van der Waals surface area contributed by atoms with Crippen LogP contribution < -0.4 is 0 Å². The molecule has 3 atom stereocenters. The van der Waals surface area contributed by atoms with E-state index in [-0.39, 0.29) is 6.10 Å². The molecule has 2 nitrogen and oxygen atoms in total. The van der Waals surface area contributed by atoms with E-state index >= 15 is 0 Å². The Labute approximate surface area is 69.2 Å². The van der Waals surface area contributed by atoms with Crippen molar-refractivity contribution in [3.63, 3.8) is 0 Å². The van der Waals surface area contributed by atoms with Gasteiger partial charge < -0.3 is 5.11 Å². The molecule has 2 heteroatoms. The summed E-state index contributed by atoms with van der Waals surface area (Å²) in [6, 6.07) is 0.358. The van der Waals surface area contributed by atoms with Gasteiger partial charge in [-0.3, -0.25) is 4.90 Å². The molecule has 1 aliphatic heterocycles. The zero-order valence-corrected chi connectivity index (χ0v) is 7.75. The zero-order valence-electron chi connectivity index (χ0n) is 7.75. The number of likely N-dealkylation sites (N-methyl/N-ethyl adjacent to an activating group) is 1. The number of rotatable bonds is 1. The Bertz CT molecular complexity index is 127. The molecule has 1 N–H and O–H groups in total. The third kappa shape index (κ3) is 1.94. The maximum atomic E-state index is 9.61. The van der Waals surface area contributed by atoms with E-state index in [1.807, 2.05) is 0 Å². The molecule has 0 radical (unpaired) electrons. The molecular weight excluding hydrogens is 138 g/mol. The van der Waals surface area contributed by atoms with Gasteiger partial charge in [-0.25, -0.2) is 0 Å². The SMILES string of the molecule is CCN1C[C@H](C)C[C@H](O)[C@H]1C. The molecule has 11 heavy (non-hydrogen) atoms. The summed E-state index contributed by atoms with van der Waals surface area (Å²) in [5.41, 5.74) is 0. The number of hydrogen-bond donors (Lipinski definition) is 1. The van der Waals surface area contributed by atoms with Crippen LogP contribution in [0.4, 0.5) is 0 Å². The summed E-state index contributed by atoms with van der Waals surface area (Å²) in [7, 11) is 0. The summed E-state index contributed by atoms with van der Waals surface area (Å²) in [4.78, 5) is 2.35. The molecule has 0 bridgehead atoms. The van der Waals surface area contributed by atoms with Crippen LogP contribution in [-0.4, -0.2) is 35.2 Å². The van der Waals surface area contributed by atoms with Gasteiger partial charge in [0.05, 0.1) is 6.10 Å². The minimum absolute atomic E-state index is 0.112. The normalized spacial score (nSPS) is 40.9. The van der Waals surface area contributed by atoms with Gasteiger partial charge in [-0.2, -0.15) is 0 Å². The van der Waals surface area contributed by atoms with Gasteiger partial charge in [0.1, 0.15) is 0 Å². The van der Waals surface area contributed by atoms with Crippen LogP contribution in [-0.2, 0) is 0 Å². The maximum Gasteiger partial charge on any atom is 0.0695 e. The highest BCUT2D eigenvalue weighted by atomic mass is 16.3. The van der Waals surface area contributed by atoms with E-state index in [2.05, 4.69) is 25.7 Å². The number of aliphatic hydroxyl groups excluding tert-OH is 1. The fourth-order valence-electron chi connectivity index (χ4n) is 1.91. The van der Waals surface area contributed by atoms with Crippen molar-refractivity contribution < 1.29 is 5.11 Å². The zero-order chi connectivity index (χ0) is 8.43. The number of aliphatic hydroxyl groups is 1. The molecule has 0 aliphatic carbocycles. The second kappa shape index (κ2) is 3.55. The number of hydrogen-bond acceptors (Lipinski definition) is 2. The Morgan fingerprint density at radius 3 is 2.64 bits per heavy atom. The summed E-state index contributed by atoms with van der Waals surface area (Å²) in [6.45, 7) is 8.68. The minimum atomic E-state index is -0.112. The molecule has 0 aromatic carbocycles. The molecule has 0 aromatic heterocycles. The van der Waals surface area contributed by atoms with Gasteiger partial charge in [0.2, 0.25) is 0 Å². The summed E-state index contributed by atoms with van der Waals surface area (Å²) in [5.74, 6) is 0.654. The molecule has 0 unspecified atom stereocenters. The lowest BCUT2D eigenvalue weighted by molar-refractivity contribution is 0.000107. The highest BCUT2D eigenvalue weighted by Crippen LogP contribution is 2.21. The van der Waals surface area contributed by atoms with E-state index in [4.69, 9.17) is 0 Å². The lowest BCUT2D eigenvalue weighted by Gasteiger charge is -2.39. The van der Waals surface area contributed by atoms with Gasteiger partial charge in [0, 0.05) is 12.6 Å². The second-order valence-corrected chi connectivity index (χ2v) is 3.74. The first-order valence-electron chi connectivity index (χ1n) is 4.57. The molecule has 0 aromatic rings. The van der Waals surface area contributed by atoms with Crippen molar-refractivity contribution in [1.82, 2.24) is 4.90 Å². The van der Waals surface area contributed by atoms with Gasteiger partial charge in [-0.1, -0.05) is 13.8 Å². The Morgan fingerprint density at radius 2 is 2.09 bits per heavy atom. The van der Waals surface area contributed by atoms with Crippen LogP contribution in [0, 0.1) is 5.92 Å². The molecule has 1 aliphatic rings. The van der Waals surface area contributed by atoms with E-state index in [9.17, 15) is 5.11 Å². The van der Waals surface area contributed by atoms with Crippen molar-refractivity contribution in [1.29, 1.82) is 0 Å². The van der Waals surface area contributed by atoms with Crippen molar-refractivity contribution >= 4 is 0 Å². The Balaban J connectivity index is 2.51. The second-order valence-electron chi connectivity index (χ2n) is 3.74. The van der Waals surface area contributed by atoms with Crippen molar-refractivity contribution in [2.45, 2.75) is 39.3 Å². The van der Waals surface area contributed by atoms with E-state index < -0.39 is 0 Å². The van der Waals surface area contributed by atoms with Gasteiger partial charge in [0.25, 0.3) is 0 Å². The van der Waals surface area contributed by atoms with Crippen LogP contribution in [0.2, 0.25) is 0 Å². The molecule has 0 amide bonds. The minimum Gasteiger partial charge on any atom is -0.391 e. The summed E-state index contributed by atoms with van der Waals surface area (Å²) >= 11 is 0. The molecule has 1 fully saturated rings. The summed E-state index contributed by atoms with van der Waals surface area (Å²) in [5, 5.41) is 9.61. The maximum absolute atomic E-state index is 9.61. The van der Waals surface area contributed by atoms with E-state index in [0.29, 0.717) is 12.0 Å². The predicted octanol–water partition coefficient (Wildman–Crippen LogP) is 1.10. The van der Waals surface area contributed by atoms with Gasteiger partial charge in [-0.15, -0.1) is 0 Å². The first-order chi connectivity index (χ1) is 5.15. The number of piperidine rings is 1. The highest BCUT2D eigenvalue weighted by molar-refractivity contribution is 4.82. The van der Waals surface area contributed by atoms with Gasteiger partial charge >= 0.3 is 0 Å². The first-order valence-corrected chi connectivity index (χ1v) is 4.57. The van der Waals surface area contributed by atoms with Crippen LogP contribution in [0.5, 0.6) is 0 Å². The first kappa shape index (κ1) is 9.01. The molecule has 0 saturated carbocycles. The van der Waals surface area contributed by atoms with Crippen LogP contribution in [0.1, 0.15) is 27.2 Å². The standard InChI is InChI=1S/C9H19NO/c1-4-10-6-7(2)5-9(11)8(10)3/h7-9,11H,4-6H2,1-3H3/t7-,8-,9+/m1/s1. The number of nitrogens with zero attached hydrogens (tertiary/aromatic N) is 1. The molecule has 0 spiro atoms. The fourth-order valence-corrected chi connectivity index (χ4v) is 1.91. The molecule has 1 rings (SSSR count). The van der Waals surface area contributed by atoms with E-state index in [1.54, 1.807) is 0 Å². The van der Waals surface area contributed by atoms with Crippen molar-refractivity contribution in [2.75, 3.05) is 13.1 Å². The smallest absolute Gasteiger partial charge is 0.0695 e. The average molecular weight is 157 g/mol. The topological polar surface area (TPSA) is 23.5 Å². The van der Waals surface area contributed by atoms with Gasteiger partial charge in [-0.05, 0) is 25.8 Å². The van der Waals surface area contributed by atoms with Crippen LogP contribution in [0.3, 0.4) is 0 Å². The van der Waals surface area contributed by atoms with Crippen molar-refractivity contribution in [3.05, 3.63) is 0 Å². The Kier molecular flexibility index (Phi) is 2.90. The summed E-state index contributed by atoms with van der Waals surface area (Å²) < 4.78 is 0. The molecular formula is C9H19NO. The molecule has 1 heterocycles. The fraction of sp³-hybridized carbons (Fsp3) is 1.00. The Morgan fingerprint density at radius 1 is 1.45 bits per heavy atom. The van der Waals surface area contributed by atoms with Gasteiger partial charge in [0.15, 0.2) is 0 Å². The summed E-state index contributed by atoms with van der Waals surface area (Å²) in [6.07, 6.45) is 0.858. The van der Waals surface area contributed by atoms with Crippen LogP contribution in [0.15, 0.2) is 0 Å². The highest BCUT2D eigenvalue weighted by Gasteiger charge is 2.28. The third-order valence-electron chi connectivity index (χ3n) is 2.73. The lowest BCUT2D eigenvalue weighted by Crippen LogP contribution is -2.49. The lowest BCUT2D eigenvalue weighted by atomic mass is 9.92. The van der Waals surface area contributed by atoms with Crippen LogP contribution in [0.25, 0.3) is 0 Å². The third-order valence-corrected chi connectivity index (χ3v) is 2.73. The Hall–Kier alpha value is -0.0800. The monoisotopic (exact) mass is 157 g/mol.